The Morgan fingerprint density at radius 2 is 1.71 bits per heavy atom. The van der Waals surface area contributed by atoms with E-state index in [1.54, 1.807) is 47.4 Å². The second kappa shape index (κ2) is 8.53. The molecule has 0 aliphatic heterocycles. The third-order valence-electron chi connectivity index (χ3n) is 2.76. The number of esters is 1. The van der Waals surface area contributed by atoms with Crippen LogP contribution in [-0.2, 0) is 9.53 Å². The van der Waals surface area contributed by atoms with Crippen LogP contribution in [0.3, 0.4) is 0 Å². The molecular weight excluding hydrogens is 266 g/mol. The van der Waals surface area contributed by atoms with Crippen molar-refractivity contribution < 1.29 is 14.3 Å². The van der Waals surface area contributed by atoms with E-state index >= 15 is 0 Å². The first-order valence-corrected chi connectivity index (χ1v) is 6.49. The number of benzene rings is 1. The SMILES string of the molecule is C=CCN(CC=C)C(=O)C=Cc1ccc(C(=O)OC)cc1. The Hall–Kier alpha value is -2.62. The van der Waals surface area contributed by atoms with Gasteiger partial charge in [-0.1, -0.05) is 24.3 Å². The zero-order valence-electron chi connectivity index (χ0n) is 12.1. The van der Waals surface area contributed by atoms with Crippen LogP contribution in [0.2, 0.25) is 0 Å². The van der Waals surface area contributed by atoms with Gasteiger partial charge in [-0.25, -0.2) is 4.79 Å². The van der Waals surface area contributed by atoms with Crippen LogP contribution in [0.15, 0.2) is 55.7 Å². The molecule has 0 atom stereocenters. The zero-order chi connectivity index (χ0) is 15.7. The Bertz CT molecular complexity index is 534. The molecule has 4 nitrogen and oxygen atoms in total. The second-order valence-electron chi connectivity index (χ2n) is 4.27. The quantitative estimate of drug-likeness (QED) is 0.439. The van der Waals surface area contributed by atoms with E-state index in [1.807, 2.05) is 0 Å². The van der Waals surface area contributed by atoms with Crippen molar-refractivity contribution in [3.8, 4) is 0 Å². The Balaban J connectivity index is 2.74. The largest absolute Gasteiger partial charge is 0.465 e. The van der Waals surface area contributed by atoms with Gasteiger partial charge in [-0.05, 0) is 23.8 Å². The molecule has 1 rings (SSSR count). The maximum Gasteiger partial charge on any atom is 0.337 e. The third-order valence-corrected chi connectivity index (χ3v) is 2.76. The fourth-order valence-corrected chi connectivity index (χ4v) is 1.69. The molecule has 1 amide bonds. The molecule has 1 aromatic carbocycles. The molecule has 4 heteroatoms. The van der Waals surface area contributed by atoms with Crippen molar-refractivity contribution in [2.45, 2.75) is 0 Å². The molecule has 1 aromatic rings. The average molecular weight is 285 g/mol. The smallest absolute Gasteiger partial charge is 0.337 e. The predicted octanol–water partition coefficient (Wildman–Crippen LogP) is 2.69. The maximum atomic E-state index is 12.0. The summed E-state index contributed by atoms with van der Waals surface area (Å²) in [6, 6.07) is 6.81. The van der Waals surface area contributed by atoms with E-state index in [9.17, 15) is 9.59 Å². The summed E-state index contributed by atoms with van der Waals surface area (Å²) in [5.74, 6) is -0.503. The summed E-state index contributed by atoms with van der Waals surface area (Å²) < 4.78 is 4.62. The lowest BCUT2D eigenvalue weighted by Gasteiger charge is -2.16. The highest BCUT2D eigenvalue weighted by molar-refractivity contribution is 5.92. The molecule has 0 saturated carbocycles. The summed E-state index contributed by atoms with van der Waals surface area (Å²) >= 11 is 0. The minimum absolute atomic E-state index is 0.119. The summed E-state index contributed by atoms with van der Waals surface area (Å²) in [6.45, 7) is 8.18. The first-order valence-electron chi connectivity index (χ1n) is 6.49. The number of carbonyl (C=O) groups excluding carboxylic acids is 2. The van der Waals surface area contributed by atoms with Crippen LogP contribution in [-0.4, -0.2) is 37.0 Å². The van der Waals surface area contributed by atoms with Crippen molar-refractivity contribution in [2.24, 2.45) is 0 Å². The zero-order valence-corrected chi connectivity index (χ0v) is 12.1. The summed E-state index contributed by atoms with van der Waals surface area (Å²) in [5.41, 5.74) is 1.30. The first-order chi connectivity index (χ1) is 10.1. The van der Waals surface area contributed by atoms with Gasteiger partial charge in [0.15, 0.2) is 0 Å². The molecule has 0 aliphatic rings. The van der Waals surface area contributed by atoms with Crippen LogP contribution in [0.25, 0.3) is 6.08 Å². The summed E-state index contributed by atoms with van der Waals surface area (Å²) in [6.07, 6.45) is 6.52. The van der Waals surface area contributed by atoms with Gasteiger partial charge < -0.3 is 9.64 Å². The van der Waals surface area contributed by atoms with E-state index in [1.165, 1.54) is 13.2 Å². The molecule has 0 aromatic heterocycles. The Kier molecular flexibility index (Phi) is 6.68. The molecule has 110 valence electrons. The molecule has 0 saturated heterocycles. The molecule has 0 radical (unpaired) electrons. The highest BCUT2D eigenvalue weighted by Crippen LogP contribution is 2.08. The summed E-state index contributed by atoms with van der Waals surface area (Å²) in [5, 5.41) is 0. The molecule has 0 N–H and O–H groups in total. The van der Waals surface area contributed by atoms with Crippen molar-refractivity contribution in [1.82, 2.24) is 4.90 Å². The number of carbonyl (C=O) groups is 2. The van der Waals surface area contributed by atoms with Gasteiger partial charge in [-0.3, -0.25) is 4.79 Å². The maximum absolute atomic E-state index is 12.0. The second-order valence-corrected chi connectivity index (χ2v) is 4.27. The van der Waals surface area contributed by atoms with Gasteiger partial charge >= 0.3 is 5.97 Å². The first kappa shape index (κ1) is 16.4. The number of rotatable bonds is 7. The van der Waals surface area contributed by atoms with Gasteiger partial charge in [0.2, 0.25) is 5.91 Å². The number of amides is 1. The predicted molar refractivity (Wildman–Crippen MR) is 83.8 cm³/mol. The van der Waals surface area contributed by atoms with Crippen LogP contribution in [0, 0.1) is 0 Å². The van der Waals surface area contributed by atoms with Gasteiger partial charge in [0.05, 0.1) is 12.7 Å². The van der Waals surface area contributed by atoms with Crippen molar-refractivity contribution >= 4 is 18.0 Å². The highest BCUT2D eigenvalue weighted by Gasteiger charge is 2.07. The Labute approximate surface area is 125 Å². The Morgan fingerprint density at radius 1 is 1.14 bits per heavy atom. The molecule has 0 aliphatic carbocycles. The van der Waals surface area contributed by atoms with Crippen molar-refractivity contribution in [3.63, 3.8) is 0 Å². The minimum atomic E-state index is -0.384. The standard InChI is InChI=1S/C17H19NO3/c1-4-12-18(13-5-2)16(19)11-8-14-6-9-15(10-7-14)17(20)21-3/h4-11H,1-2,12-13H2,3H3. The van der Waals surface area contributed by atoms with Crippen LogP contribution in [0.4, 0.5) is 0 Å². The van der Waals surface area contributed by atoms with E-state index in [2.05, 4.69) is 17.9 Å². The van der Waals surface area contributed by atoms with Crippen LogP contribution < -0.4 is 0 Å². The number of ether oxygens (including phenoxy) is 1. The van der Waals surface area contributed by atoms with Gasteiger partial charge in [-0.15, -0.1) is 13.2 Å². The Morgan fingerprint density at radius 3 is 2.19 bits per heavy atom. The normalized spacial score (nSPS) is 10.1. The molecule has 21 heavy (non-hydrogen) atoms. The van der Waals surface area contributed by atoms with E-state index in [0.29, 0.717) is 18.7 Å². The number of nitrogens with zero attached hydrogens (tertiary/aromatic N) is 1. The summed E-state index contributed by atoms with van der Waals surface area (Å²) in [4.78, 5) is 24.9. The average Bonchev–Trinajstić information content (AvgIpc) is 2.52. The highest BCUT2D eigenvalue weighted by atomic mass is 16.5. The molecule has 0 spiro atoms. The molecule has 0 heterocycles. The van der Waals surface area contributed by atoms with Crippen LogP contribution >= 0.6 is 0 Å². The van der Waals surface area contributed by atoms with Crippen LogP contribution in [0.5, 0.6) is 0 Å². The van der Waals surface area contributed by atoms with Gasteiger partial charge in [0.1, 0.15) is 0 Å². The van der Waals surface area contributed by atoms with Crippen molar-refractivity contribution in [3.05, 3.63) is 66.8 Å². The van der Waals surface area contributed by atoms with Crippen LogP contribution in [0.1, 0.15) is 15.9 Å². The minimum Gasteiger partial charge on any atom is -0.465 e. The van der Waals surface area contributed by atoms with Gasteiger partial charge in [-0.2, -0.15) is 0 Å². The summed E-state index contributed by atoms with van der Waals surface area (Å²) in [7, 11) is 1.34. The lowest BCUT2D eigenvalue weighted by atomic mass is 10.1. The van der Waals surface area contributed by atoms with Crippen molar-refractivity contribution in [1.29, 1.82) is 0 Å². The number of hydrogen-bond acceptors (Lipinski definition) is 3. The molecule has 0 fully saturated rings. The van der Waals surface area contributed by atoms with E-state index < -0.39 is 0 Å². The lowest BCUT2D eigenvalue weighted by molar-refractivity contribution is -0.124. The van der Waals surface area contributed by atoms with Gasteiger partial charge in [0.25, 0.3) is 0 Å². The topological polar surface area (TPSA) is 46.6 Å². The number of hydrogen-bond donors (Lipinski definition) is 0. The fourth-order valence-electron chi connectivity index (χ4n) is 1.69. The lowest BCUT2D eigenvalue weighted by Crippen LogP contribution is -2.29. The monoisotopic (exact) mass is 285 g/mol. The van der Waals surface area contributed by atoms with Gasteiger partial charge in [0, 0.05) is 19.2 Å². The van der Waals surface area contributed by atoms with Crippen molar-refractivity contribution in [2.75, 3.05) is 20.2 Å². The van der Waals surface area contributed by atoms with E-state index in [0.717, 1.165) is 5.56 Å². The van der Waals surface area contributed by atoms with E-state index in [4.69, 9.17) is 0 Å². The third kappa shape index (κ3) is 5.10. The molecule has 0 bridgehead atoms. The fraction of sp³-hybridized carbons (Fsp3) is 0.176. The number of methoxy groups -OCH3 is 1. The molecule has 0 unspecified atom stereocenters. The molecular formula is C17H19NO3. The van der Waals surface area contributed by atoms with E-state index in [-0.39, 0.29) is 11.9 Å².